The van der Waals surface area contributed by atoms with Crippen LogP contribution >= 0.6 is 11.6 Å². The molecule has 0 bridgehead atoms. The van der Waals surface area contributed by atoms with Crippen molar-refractivity contribution in [1.82, 2.24) is 4.90 Å². The number of benzene rings is 2. The van der Waals surface area contributed by atoms with Gasteiger partial charge in [0.25, 0.3) is 10.0 Å². The maximum absolute atomic E-state index is 13.1. The standard InChI is InChI=1S/C23H25ClN2O4S/c1-14-7-8-16(13-26-22(27)18-5-3-4-6-19(18)23(26)28)12-21(14)31(29,30)25-20-10-9-17(24)11-15(20)2/h7-12,18-19,25H,3-6,13H2,1-2H3/t18-,19-/m1/s1. The van der Waals surface area contributed by atoms with E-state index in [1.54, 1.807) is 50.2 Å². The van der Waals surface area contributed by atoms with Gasteiger partial charge in [-0.2, -0.15) is 0 Å². The van der Waals surface area contributed by atoms with Gasteiger partial charge in [0.05, 0.1) is 29.0 Å². The maximum atomic E-state index is 13.1. The molecule has 0 aromatic heterocycles. The van der Waals surface area contributed by atoms with Gasteiger partial charge < -0.3 is 0 Å². The van der Waals surface area contributed by atoms with Crippen LogP contribution in [0.4, 0.5) is 5.69 Å². The Balaban J connectivity index is 1.60. The van der Waals surface area contributed by atoms with Crippen LogP contribution in [0.1, 0.15) is 42.4 Å². The molecule has 0 unspecified atom stereocenters. The number of carbonyl (C=O) groups excluding carboxylic acids is 2. The highest BCUT2D eigenvalue weighted by atomic mass is 35.5. The summed E-state index contributed by atoms with van der Waals surface area (Å²) in [5, 5.41) is 0.527. The van der Waals surface area contributed by atoms with E-state index in [4.69, 9.17) is 11.6 Å². The number of rotatable bonds is 5. The van der Waals surface area contributed by atoms with E-state index in [-0.39, 0.29) is 35.1 Å². The van der Waals surface area contributed by atoms with Crippen molar-refractivity contribution < 1.29 is 18.0 Å². The minimum Gasteiger partial charge on any atom is -0.279 e. The quantitative estimate of drug-likeness (QED) is 0.669. The van der Waals surface area contributed by atoms with Gasteiger partial charge in [0.15, 0.2) is 0 Å². The van der Waals surface area contributed by atoms with E-state index in [9.17, 15) is 18.0 Å². The van der Waals surface area contributed by atoms with Crippen LogP contribution in [0.25, 0.3) is 0 Å². The summed E-state index contributed by atoms with van der Waals surface area (Å²) >= 11 is 5.96. The van der Waals surface area contributed by atoms with Crippen molar-refractivity contribution in [2.45, 2.75) is 51.0 Å². The Morgan fingerprint density at radius 2 is 1.61 bits per heavy atom. The van der Waals surface area contributed by atoms with Crippen LogP contribution in [0, 0.1) is 25.7 Å². The third kappa shape index (κ3) is 4.21. The van der Waals surface area contributed by atoms with Crippen molar-refractivity contribution in [3.05, 3.63) is 58.1 Å². The number of hydrogen-bond donors (Lipinski definition) is 1. The number of likely N-dealkylation sites (tertiary alicyclic amines) is 1. The second-order valence-electron chi connectivity index (χ2n) is 8.42. The van der Waals surface area contributed by atoms with Crippen LogP contribution < -0.4 is 4.72 Å². The Kier molecular flexibility index (Phi) is 5.83. The summed E-state index contributed by atoms with van der Waals surface area (Å²) < 4.78 is 28.8. The Labute approximate surface area is 187 Å². The number of nitrogens with one attached hydrogen (secondary N) is 1. The van der Waals surface area contributed by atoms with Crippen molar-refractivity contribution >= 4 is 39.1 Å². The number of imide groups is 1. The molecule has 2 aromatic carbocycles. The van der Waals surface area contributed by atoms with Gasteiger partial charge in [-0.25, -0.2) is 8.42 Å². The molecule has 1 saturated heterocycles. The topological polar surface area (TPSA) is 83.6 Å². The molecule has 1 saturated carbocycles. The molecule has 31 heavy (non-hydrogen) atoms. The van der Waals surface area contributed by atoms with Crippen LogP contribution in [0.5, 0.6) is 0 Å². The van der Waals surface area contributed by atoms with E-state index in [1.807, 2.05) is 0 Å². The molecule has 2 amide bonds. The highest BCUT2D eigenvalue weighted by Crippen LogP contribution is 2.38. The number of fused-ring (bicyclic) bond motifs is 1. The van der Waals surface area contributed by atoms with Crippen molar-refractivity contribution in [3.8, 4) is 0 Å². The first kappa shape index (κ1) is 21.8. The van der Waals surface area contributed by atoms with Gasteiger partial charge in [-0.1, -0.05) is 36.6 Å². The molecule has 8 heteroatoms. The zero-order valence-electron chi connectivity index (χ0n) is 17.5. The molecule has 2 aliphatic rings. The van der Waals surface area contributed by atoms with Gasteiger partial charge in [-0.05, 0) is 67.6 Å². The lowest BCUT2D eigenvalue weighted by molar-refractivity contribution is -0.140. The number of hydrogen-bond acceptors (Lipinski definition) is 4. The predicted molar refractivity (Wildman–Crippen MR) is 119 cm³/mol. The van der Waals surface area contributed by atoms with Gasteiger partial charge in [0, 0.05) is 5.02 Å². The average molecular weight is 461 g/mol. The van der Waals surface area contributed by atoms with Crippen molar-refractivity contribution in [3.63, 3.8) is 0 Å². The summed E-state index contributed by atoms with van der Waals surface area (Å²) in [6.45, 7) is 3.58. The highest BCUT2D eigenvalue weighted by Gasteiger charge is 2.47. The lowest BCUT2D eigenvalue weighted by atomic mass is 9.81. The van der Waals surface area contributed by atoms with Crippen molar-refractivity contribution in [1.29, 1.82) is 0 Å². The molecule has 2 atom stereocenters. The molecular weight excluding hydrogens is 436 g/mol. The molecule has 4 rings (SSSR count). The summed E-state index contributed by atoms with van der Waals surface area (Å²) in [5.74, 6) is -0.696. The summed E-state index contributed by atoms with van der Waals surface area (Å²) in [6.07, 6.45) is 3.45. The third-order valence-corrected chi connectivity index (χ3v) is 7.99. The zero-order chi connectivity index (χ0) is 22.3. The Bertz CT molecular complexity index is 1140. The van der Waals surface area contributed by atoms with Gasteiger partial charge >= 0.3 is 0 Å². The average Bonchev–Trinajstić information content (AvgIpc) is 2.96. The number of sulfonamides is 1. The first-order chi connectivity index (χ1) is 14.7. The smallest absolute Gasteiger partial charge is 0.262 e. The summed E-state index contributed by atoms with van der Waals surface area (Å²) in [4.78, 5) is 27.0. The number of amides is 2. The second kappa shape index (κ2) is 8.28. The Hall–Kier alpha value is -2.38. The molecule has 0 radical (unpaired) electrons. The highest BCUT2D eigenvalue weighted by molar-refractivity contribution is 7.92. The van der Waals surface area contributed by atoms with E-state index in [0.29, 0.717) is 27.4 Å². The fourth-order valence-corrected chi connectivity index (χ4v) is 6.20. The zero-order valence-corrected chi connectivity index (χ0v) is 19.1. The summed E-state index contributed by atoms with van der Waals surface area (Å²) in [6, 6.07) is 9.96. The summed E-state index contributed by atoms with van der Waals surface area (Å²) in [7, 11) is -3.86. The van der Waals surface area contributed by atoms with Crippen molar-refractivity contribution in [2.24, 2.45) is 11.8 Å². The molecule has 1 N–H and O–H groups in total. The SMILES string of the molecule is Cc1cc(Cl)ccc1NS(=O)(=O)c1cc(CN2C(=O)[C@@H]3CCCC[C@H]3C2=O)ccc1C. The van der Waals surface area contributed by atoms with E-state index in [0.717, 1.165) is 25.7 Å². The molecule has 1 heterocycles. The first-order valence-corrected chi connectivity index (χ1v) is 12.3. The third-order valence-electron chi connectivity index (χ3n) is 6.25. The number of nitrogens with zero attached hydrogens (tertiary/aromatic N) is 1. The van der Waals surface area contributed by atoms with Crippen LogP contribution in [0.2, 0.25) is 5.02 Å². The van der Waals surface area contributed by atoms with Crippen LogP contribution in [0.15, 0.2) is 41.3 Å². The minimum absolute atomic E-state index is 0.0907. The molecule has 164 valence electrons. The molecule has 6 nitrogen and oxygen atoms in total. The predicted octanol–water partition coefficient (Wildman–Crippen LogP) is 4.43. The van der Waals surface area contributed by atoms with E-state index in [1.165, 1.54) is 4.90 Å². The minimum atomic E-state index is -3.86. The van der Waals surface area contributed by atoms with E-state index < -0.39 is 10.0 Å². The lowest BCUT2D eigenvalue weighted by Crippen LogP contribution is -2.30. The van der Waals surface area contributed by atoms with E-state index >= 15 is 0 Å². The molecule has 0 spiro atoms. The fraction of sp³-hybridized carbons (Fsp3) is 0.391. The van der Waals surface area contributed by atoms with Gasteiger partial charge in [-0.15, -0.1) is 0 Å². The number of anilines is 1. The fourth-order valence-electron chi connectivity index (χ4n) is 4.54. The second-order valence-corrected chi connectivity index (χ2v) is 10.5. The van der Waals surface area contributed by atoms with E-state index in [2.05, 4.69) is 4.72 Å². The largest absolute Gasteiger partial charge is 0.279 e. The molecule has 2 fully saturated rings. The molecular formula is C23H25ClN2O4S. The van der Waals surface area contributed by atoms with Crippen molar-refractivity contribution in [2.75, 3.05) is 4.72 Å². The van der Waals surface area contributed by atoms with Gasteiger partial charge in [-0.3, -0.25) is 19.2 Å². The summed E-state index contributed by atoms with van der Waals surface area (Å²) in [5.41, 5.74) is 2.35. The Morgan fingerprint density at radius 1 is 0.968 bits per heavy atom. The first-order valence-electron chi connectivity index (χ1n) is 10.4. The maximum Gasteiger partial charge on any atom is 0.262 e. The Morgan fingerprint density at radius 3 is 2.23 bits per heavy atom. The number of halogens is 1. The van der Waals surface area contributed by atoms with Crippen LogP contribution in [0.3, 0.4) is 0 Å². The number of carbonyl (C=O) groups is 2. The molecule has 1 aliphatic carbocycles. The molecule has 1 aliphatic heterocycles. The molecule has 2 aromatic rings. The van der Waals surface area contributed by atoms with Gasteiger partial charge in [0.1, 0.15) is 0 Å². The normalized spacial score (nSPS) is 21.3. The van der Waals surface area contributed by atoms with Crippen LogP contribution in [-0.4, -0.2) is 25.1 Å². The number of aryl methyl sites for hydroxylation is 2. The van der Waals surface area contributed by atoms with Crippen LogP contribution in [-0.2, 0) is 26.2 Å². The van der Waals surface area contributed by atoms with Gasteiger partial charge in [0.2, 0.25) is 11.8 Å². The lowest BCUT2D eigenvalue weighted by Gasteiger charge is -2.19. The monoisotopic (exact) mass is 460 g/mol.